The van der Waals surface area contributed by atoms with Crippen LogP contribution in [0.1, 0.15) is 23.6 Å². The van der Waals surface area contributed by atoms with Crippen LogP contribution < -0.4 is 10.1 Å². The van der Waals surface area contributed by atoms with Gasteiger partial charge in [0.25, 0.3) is 0 Å². The summed E-state index contributed by atoms with van der Waals surface area (Å²) in [5.41, 5.74) is 1.22. The van der Waals surface area contributed by atoms with E-state index >= 15 is 0 Å². The SMILES string of the molecule is COc1cccc(Cl)c1[C@@H](CC(=O)O)NC(=O)OCc1ccccc1. The number of hydrogen-bond acceptors (Lipinski definition) is 4. The van der Waals surface area contributed by atoms with Crippen molar-refractivity contribution >= 4 is 23.7 Å². The first kappa shape index (κ1) is 18.6. The molecule has 25 heavy (non-hydrogen) atoms. The van der Waals surface area contributed by atoms with E-state index < -0.39 is 18.1 Å². The minimum atomic E-state index is -1.09. The van der Waals surface area contributed by atoms with Gasteiger partial charge in [0.2, 0.25) is 0 Å². The number of halogens is 1. The van der Waals surface area contributed by atoms with Crippen molar-refractivity contribution in [1.82, 2.24) is 5.32 Å². The van der Waals surface area contributed by atoms with Crippen LogP contribution >= 0.6 is 11.6 Å². The Kier molecular flexibility index (Phi) is 6.65. The molecule has 0 heterocycles. The van der Waals surface area contributed by atoms with Crippen LogP contribution in [-0.2, 0) is 16.1 Å². The maximum Gasteiger partial charge on any atom is 0.407 e. The third-order valence-corrected chi connectivity index (χ3v) is 3.79. The van der Waals surface area contributed by atoms with E-state index in [0.29, 0.717) is 16.3 Å². The molecule has 0 spiro atoms. The second kappa shape index (κ2) is 8.94. The van der Waals surface area contributed by atoms with Crippen LogP contribution in [0.5, 0.6) is 5.75 Å². The lowest BCUT2D eigenvalue weighted by atomic mass is 10.0. The number of hydrogen-bond donors (Lipinski definition) is 2. The number of carboxylic acids is 1. The molecule has 2 aromatic carbocycles. The van der Waals surface area contributed by atoms with Crippen molar-refractivity contribution in [2.45, 2.75) is 19.1 Å². The molecular formula is C18H18ClNO5. The molecule has 0 aliphatic heterocycles. The normalized spacial score (nSPS) is 11.4. The van der Waals surface area contributed by atoms with Crippen LogP contribution in [0.25, 0.3) is 0 Å². The summed E-state index contributed by atoms with van der Waals surface area (Å²) in [5.74, 6) is -0.697. The van der Waals surface area contributed by atoms with Gasteiger partial charge in [0.1, 0.15) is 12.4 Å². The van der Waals surface area contributed by atoms with Gasteiger partial charge in [0, 0.05) is 10.6 Å². The number of benzene rings is 2. The highest BCUT2D eigenvalue weighted by Gasteiger charge is 2.24. The lowest BCUT2D eigenvalue weighted by Gasteiger charge is -2.21. The summed E-state index contributed by atoms with van der Waals surface area (Å²) in [6, 6.07) is 13.2. The predicted octanol–water partition coefficient (Wildman–Crippen LogP) is 3.79. The first-order chi connectivity index (χ1) is 12.0. The largest absolute Gasteiger partial charge is 0.496 e. The van der Waals surface area contributed by atoms with E-state index in [-0.39, 0.29) is 13.0 Å². The van der Waals surface area contributed by atoms with E-state index in [9.17, 15) is 9.59 Å². The zero-order valence-electron chi connectivity index (χ0n) is 13.6. The highest BCUT2D eigenvalue weighted by atomic mass is 35.5. The zero-order valence-corrected chi connectivity index (χ0v) is 14.3. The number of rotatable bonds is 7. The third kappa shape index (κ3) is 5.39. The number of carboxylic acid groups (broad SMARTS) is 1. The van der Waals surface area contributed by atoms with Gasteiger partial charge < -0.3 is 19.9 Å². The summed E-state index contributed by atoms with van der Waals surface area (Å²) in [4.78, 5) is 23.3. The molecule has 132 valence electrons. The fourth-order valence-corrected chi connectivity index (χ4v) is 2.64. The van der Waals surface area contributed by atoms with Gasteiger partial charge in [-0.15, -0.1) is 0 Å². The molecule has 0 bridgehead atoms. The minimum absolute atomic E-state index is 0.0755. The van der Waals surface area contributed by atoms with Crippen molar-refractivity contribution in [2.24, 2.45) is 0 Å². The maximum atomic E-state index is 12.1. The number of nitrogens with one attached hydrogen (secondary N) is 1. The van der Waals surface area contributed by atoms with Gasteiger partial charge >= 0.3 is 12.1 Å². The first-order valence-corrected chi connectivity index (χ1v) is 7.90. The van der Waals surface area contributed by atoms with Crippen LogP contribution in [0, 0.1) is 0 Å². The lowest BCUT2D eigenvalue weighted by Crippen LogP contribution is -2.31. The number of aliphatic carboxylic acids is 1. The van der Waals surface area contributed by atoms with Crippen molar-refractivity contribution < 1.29 is 24.2 Å². The fraction of sp³-hybridized carbons (Fsp3) is 0.222. The Hall–Kier alpha value is -2.73. The van der Waals surface area contributed by atoms with Gasteiger partial charge in [0.05, 0.1) is 19.6 Å². The molecule has 2 N–H and O–H groups in total. The summed E-state index contributed by atoms with van der Waals surface area (Å²) in [6.07, 6.45) is -1.10. The molecule has 0 fully saturated rings. The number of ether oxygens (including phenoxy) is 2. The van der Waals surface area contributed by atoms with Crippen LogP contribution in [0.2, 0.25) is 5.02 Å². The Balaban J connectivity index is 2.13. The molecule has 0 aliphatic carbocycles. The van der Waals surface area contributed by atoms with Crippen LogP contribution in [-0.4, -0.2) is 24.3 Å². The quantitative estimate of drug-likeness (QED) is 0.781. The molecule has 1 amide bonds. The van der Waals surface area contributed by atoms with E-state index in [1.165, 1.54) is 7.11 Å². The van der Waals surface area contributed by atoms with Crippen LogP contribution in [0.15, 0.2) is 48.5 Å². The van der Waals surface area contributed by atoms with E-state index in [0.717, 1.165) is 5.56 Å². The molecule has 0 aromatic heterocycles. The second-order valence-corrected chi connectivity index (χ2v) is 5.62. The summed E-state index contributed by atoms with van der Waals surface area (Å²) in [6.45, 7) is 0.0755. The topological polar surface area (TPSA) is 84.9 Å². The van der Waals surface area contributed by atoms with Gasteiger partial charge in [-0.3, -0.25) is 4.79 Å². The Bertz CT molecular complexity index is 736. The first-order valence-electron chi connectivity index (χ1n) is 7.52. The standard InChI is InChI=1S/C18H18ClNO5/c1-24-15-9-5-8-13(19)17(15)14(10-16(21)22)20-18(23)25-11-12-6-3-2-4-7-12/h2-9,14H,10-11H2,1H3,(H,20,23)(H,21,22)/t14-/m1/s1. The minimum Gasteiger partial charge on any atom is -0.496 e. The van der Waals surface area contributed by atoms with Crippen LogP contribution in [0.3, 0.4) is 0 Å². The van der Waals surface area contributed by atoms with E-state index in [1.807, 2.05) is 30.3 Å². The van der Waals surface area contributed by atoms with Crippen molar-refractivity contribution in [3.8, 4) is 5.75 Å². The van der Waals surface area contributed by atoms with Gasteiger partial charge in [-0.2, -0.15) is 0 Å². The lowest BCUT2D eigenvalue weighted by molar-refractivity contribution is -0.137. The Labute approximate surface area is 150 Å². The Morgan fingerprint density at radius 2 is 1.88 bits per heavy atom. The zero-order chi connectivity index (χ0) is 18.2. The predicted molar refractivity (Wildman–Crippen MR) is 92.8 cm³/mol. The van der Waals surface area contributed by atoms with Crippen molar-refractivity contribution in [3.05, 3.63) is 64.7 Å². The smallest absolute Gasteiger partial charge is 0.407 e. The van der Waals surface area contributed by atoms with Crippen molar-refractivity contribution in [1.29, 1.82) is 0 Å². The molecule has 2 aromatic rings. The van der Waals surface area contributed by atoms with E-state index in [4.69, 9.17) is 26.2 Å². The second-order valence-electron chi connectivity index (χ2n) is 5.21. The number of alkyl carbamates (subject to hydrolysis) is 1. The van der Waals surface area contributed by atoms with Crippen molar-refractivity contribution in [3.63, 3.8) is 0 Å². The summed E-state index contributed by atoms with van der Waals surface area (Å²) in [5, 5.41) is 12.0. The molecule has 0 unspecified atom stereocenters. The average Bonchev–Trinajstić information content (AvgIpc) is 2.59. The molecule has 7 heteroatoms. The van der Waals surface area contributed by atoms with E-state index in [2.05, 4.69) is 5.32 Å². The molecule has 2 rings (SSSR count). The molecule has 0 radical (unpaired) electrons. The summed E-state index contributed by atoms with van der Waals surface area (Å²) in [7, 11) is 1.45. The summed E-state index contributed by atoms with van der Waals surface area (Å²) >= 11 is 6.18. The Morgan fingerprint density at radius 1 is 1.16 bits per heavy atom. The highest BCUT2D eigenvalue weighted by molar-refractivity contribution is 6.31. The Morgan fingerprint density at radius 3 is 2.52 bits per heavy atom. The van der Waals surface area contributed by atoms with Gasteiger partial charge in [-0.1, -0.05) is 48.0 Å². The molecule has 0 saturated carbocycles. The highest BCUT2D eigenvalue weighted by Crippen LogP contribution is 2.33. The maximum absolute atomic E-state index is 12.1. The monoisotopic (exact) mass is 363 g/mol. The molecule has 0 aliphatic rings. The molecular weight excluding hydrogens is 346 g/mol. The number of methoxy groups -OCH3 is 1. The molecule has 1 atom stereocenters. The molecule has 6 nitrogen and oxygen atoms in total. The number of carbonyl (C=O) groups is 2. The summed E-state index contributed by atoms with van der Waals surface area (Å²) < 4.78 is 10.4. The number of carbonyl (C=O) groups excluding carboxylic acids is 1. The van der Waals surface area contributed by atoms with Gasteiger partial charge in [-0.05, 0) is 17.7 Å². The molecule has 0 saturated heterocycles. The van der Waals surface area contributed by atoms with E-state index in [1.54, 1.807) is 18.2 Å². The third-order valence-electron chi connectivity index (χ3n) is 3.46. The van der Waals surface area contributed by atoms with Crippen molar-refractivity contribution in [2.75, 3.05) is 7.11 Å². The number of amides is 1. The van der Waals surface area contributed by atoms with Crippen LogP contribution in [0.4, 0.5) is 4.79 Å². The van der Waals surface area contributed by atoms with Gasteiger partial charge in [0.15, 0.2) is 0 Å². The fourth-order valence-electron chi connectivity index (χ4n) is 2.34. The van der Waals surface area contributed by atoms with Gasteiger partial charge in [-0.25, -0.2) is 4.79 Å². The average molecular weight is 364 g/mol.